The predicted molar refractivity (Wildman–Crippen MR) is 76.7 cm³/mol. The minimum Gasteiger partial charge on any atom is -0.359 e. The van der Waals surface area contributed by atoms with Crippen LogP contribution in [0.4, 0.5) is 5.69 Å². The highest BCUT2D eigenvalue weighted by Crippen LogP contribution is 2.18. The summed E-state index contributed by atoms with van der Waals surface area (Å²) in [6, 6.07) is 5.84. The number of nitrogens with zero attached hydrogens (tertiary/aromatic N) is 2. The highest BCUT2D eigenvalue weighted by Gasteiger charge is 2.19. The lowest BCUT2D eigenvalue weighted by Gasteiger charge is -2.11. The average Bonchev–Trinajstić information content (AvgIpc) is 2.94. The Morgan fingerprint density at radius 3 is 2.80 bits per heavy atom. The number of nitrogens with one attached hydrogen (secondary N) is 2. The van der Waals surface area contributed by atoms with Crippen LogP contribution in [-0.2, 0) is 4.79 Å². The minimum absolute atomic E-state index is 0.0810. The standard InChI is InChI=1S/C15H18N4O/c1-11-6-7-14(10-17-11)18-9-12(8-16)15(20)19-13-4-2-3-5-13/h6-7,9-10,13,18H,2-5H2,1H3,(H,19,20)/b12-9-. The van der Waals surface area contributed by atoms with Gasteiger partial charge in [-0.3, -0.25) is 9.78 Å². The van der Waals surface area contributed by atoms with Crippen molar-refractivity contribution in [2.75, 3.05) is 5.32 Å². The molecule has 20 heavy (non-hydrogen) atoms. The molecule has 1 aromatic heterocycles. The van der Waals surface area contributed by atoms with Gasteiger partial charge in [0.05, 0.1) is 11.9 Å². The van der Waals surface area contributed by atoms with Gasteiger partial charge in [-0.1, -0.05) is 12.8 Å². The molecule has 5 heteroatoms. The van der Waals surface area contributed by atoms with Crippen molar-refractivity contribution >= 4 is 11.6 Å². The second-order valence-electron chi connectivity index (χ2n) is 4.96. The Bertz CT molecular complexity index is 536. The molecule has 1 amide bonds. The van der Waals surface area contributed by atoms with E-state index in [4.69, 9.17) is 5.26 Å². The van der Waals surface area contributed by atoms with Gasteiger partial charge in [0.2, 0.25) is 0 Å². The molecule has 0 radical (unpaired) electrons. The van der Waals surface area contributed by atoms with Gasteiger partial charge in [0, 0.05) is 17.9 Å². The van der Waals surface area contributed by atoms with E-state index in [-0.39, 0.29) is 17.5 Å². The van der Waals surface area contributed by atoms with Crippen LogP contribution in [0.5, 0.6) is 0 Å². The van der Waals surface area contributed by atoms with Crippen molar-refractivity contribution in [1.29, 1.82) is 5.26 Å². The molecule has 0 saturated heterocycles. The topological polar surface area (TPSA) is 77.8 Å². The zero-order chi connectivity index (χ0) is 14.4. The van der Waals surface area contributed by atoms with Crippen LogP contribution in [0.1, 0.15) is 31.4 Å². The Labute approximate surface area is 118 Å². The Morgan fingerprint density at radius 2 is 2.20 bits per heavy atom. The van der Waals surface area contributed by atoms with Crippen molar-refractivity contribution in [3.05, 3.63) is 35.8 Å². The van der Waals surface area contributed by atoms with E-state index >= 15 is 0 Å². The second-order valence-corrected chi connectivity index (χ2v) is 4.96. The van der Waals surface area contributed by atoms with Crippen LogP contribution in [0.3, 0.4) is 0 Å². The first-order valence-electron chi connectivity index (χ1n) is 6.79. The molecule has 0 atom stereocenters. The van der Waals surface area contributed by atoms with E-state index in [1.165, 1.54) is 6.20 Å². The number of hydrogen-bond donors (Lipinski definition) is 2. The lowest BCUT2D eigenvalue weighted by molar-refractivity contribution is -0.117. The summed E-state index contributed by atoms with van der Waals surface area (Å²) in [6.45, 7) is 1.90. The van der Waals surface area contributed by atoms with Crippen LogP contribution in [-0.4, -0.2) is 16.9 Å². The average molecular weight is 270 g/mol. The number of nitriles is 1. The van der Waals surface area contributed by atoms with Gasteiger partial charge in [-0.2, -0.15) is 5.26 Å². The molecule has 1 heterocycles. The van der Waals surface area contributed by atoms with Crippen LogP contribution in [0, 0.1) is 18.3 Å². The molecule has 0 unspecified atom stereocenters. The normalized spacial score (nSPS) is 15.7. The number of carbonyl (C=O) groups excluding carboxylic acids is 1. The molecular weight excluding hydrogens is 252 g/mol. The number of carbonyl (C=O) groups is 1. The van der Waals surface area contributed by atoms with E-state index in [1.807, 2.05) is 25.1 Å². The van der Waals surface area contributed by atoms with E-state index in [0.717, 1.165) is 37.1 Å². The van der Waals surface area contributed by atoms with Crippen molar-refractivity contribution < 1.29 is 4.79 Å². The fourth-order valence-corrected chi connectivity index (χ4v) is 2.19. The largest absolute Gasteiger partial charge is 0.359 e. The Balaban J connectivity index is 1.96. The molecule has 2 rings (SSSR count). The first-order valence-corrected chi connectivity index (χ1v) is 6.79. The van der Waals surface area contributed by atoms with Gasteiger partial charge in [0.25, 0.3) is 5.91 Å². The summed E-state index contributed by atoms with van der Waals surface area (Å²) in [6.07, 6.45) is 7.37. The highest BCUT2D eigenvalue weighted by atomic mass is 16.1. The Hall–Kier alpha value is -2.35. The first kappa shape index (κ1) is 14.1. The molecule has 5 nitrogen and oxygen atoms in total. The maximum atomic E-state index is 11.9. The predicted octanol–water partition coefficient (Wildman–Crippen LogP) is 2.27. The van der Waals surface area contributed by atoms with Gasteiger partial charge in [0.1, 0.15) is 11.6 Å². The van der Waals surface area contributed by atoms with Crippen molar-refractivity contribution in [3.63, 3.8) is 0 Å². The maximum absolute atomic E-state index is 11.9. The van der Waals surface area contributed by atoms with E-state index < -0.39 is 0 Å². The summed E-state index contributed by atoms with van der Waals surface area (Å²) in [5, 5.41) is 14.9. The lowest BCUT2D eigenvalue weighted by atomic mass is 10.2. The minimum atomic E-state index is -0.313. The smallest absolute Gasteiger partial charge is 0.263 e. The molecule has 104 valence electrons. The van der Waals surface area contributed by atoms with Gasteiger partial charge >= 0.3 is 0 Å². The van der Waals surface area contributed by atoms with Crippen molar-refractivity contribution in [1.82, 2.24) is 10.3 Å². The van der Waals surface area contributed by atoms with Crippen LogP contribution in [0.15, 0.2) is 30.1 Å². The molecule has 1 aliphatic carbocycles. The number of rotatable bonds is 4. The Morgan fingerprint density at radius 1 is 1.45 bits per heavy atom. The molecule has 1 aliphatic rings. The summed E-state index contributed by atoms with van der Waals surface area (Å²) >= 11 is 0. The molecule has 0 bridgehead atoms. The zero-order valence-electron chi connectivity index (χ0n) is 11.5. The Kier molecular flexibility index (Phi) is 4.72. The van der Waals surface area contributed by atoms with E-state index in [9.17, 15) is 4.79 Å². The monoisotopic (exact) mass is 270 g/mol. The fourth-order valence-electron chi connectivity index (χ4n) is 2.19. The first-order chi connectivity index (χ1) is 9.69. The molecule has 2 N–H and O–H groups in total. The zero-order valence-corrected chi connectivity index (χ0v) is 11.5. The van der Waals surface area contributed by atoms with Gasteiger partial charge in [0.15, 0.2) is 0 Å². The third kappa shape index (κ3) is 3.82. The van der Waals surface area contributed by atoms with Crippen molar-refractivity contribution in [2.45, 2.75) is 38.6 Å². The summed E-state index contributed by atoms with van der Waals surface area (Å²) in [5.74, 6) is -0.313. The molecular formula is C15H18N4O. The summed E-state index contributed by atoms with van der Waals surface area (Å²) < 4.78 is 0. The second kappa shape index (κ2) is 6.71. The number of anilines is 1. The molecule has 1 aromatic rings. The van der Waals surface area contributed by atoms with E-state index in [1.54, 1.807) is 6.20 Å². The third-order valence-corrected chi connectivity index (χ3v) is 3.35. The number of aromatic nitrogens is 1. The molecule has 0 aliphatic heterocycles. The van der Waals surface area contributed by atoms with E-state index in [2.05, 4.69) is 15.6 Å². The van der Waals surface area contributed by atoms with Gasteiger partial charge < -0.3 is 10.6 Å². The molecule has 0 spiro atoms. The molecule has 1 fully saturated rings. The van der Waals surface area contributed by atoms with Gasteiger partial charge in [-0.25, -0.2) is 0 Å². The van der Waals surface area contributed by atoms with Crippen LogP contribution >= 0.6 is 0 Å². The van der Waals surface area contributed by atoms with Crippen LogP contribution in [0.25, 0.3) is 0 Å². The lowest BCUT2D eigenvalue weighted by Crippen LogP contribution is -2.33. The molecule has 1 saturated carbocycles. The molecule has 0 aromatic carbocycles. The summed E-state index contributed by atoms with van der Waals surface area (Å²) in [7, 11) is 0. The number of pyridine rings is 1. The number of hydrogen-bond acceptors (Lipinski definition) is 4. The SMILES string of the molecule is Cc1ccc(N/C=C(/C#N)C(=O)NC2CCCC2)cn1. The maximum Gasteiger partial charge on any atom is 0.263 e. The summed E-state index contributed by atoms with van der Waals surface area (Å²) in [4.78, 5) is 16.1. The van der Waals surface area contributed by atoms with Crippen molar-refractivity contribution in [2.24, 2.45) is 0 Å². The van der Waals surface area contributed by atoms with E-state index in [0.29, 0.717) is 0 Å². The number of amides is 1. The highest BCUT2D eigenvalue weighted by molar-refractivity contribution is 5.97. The van der Waals surface area contributed by atoms with Gasteiger partial charge in [-0.05, 0) is 31.9 Å². The van der Waals surface area contributed by atoms with Gasteiger partial charge in [-0.15, -0.1) is 0 Å². The van der Waals surface area contributed by atoms with Crippen LogP contribution in [0.2, 0.25) is 0 Å². The van der Waals surface area contributed by atoms with Crippen molar-refractivity contribution in [3.8, 4) is 6.07 Å². The van der Waals surface area contributed by atoms with Crippen LogP contribution < -0.4 is 10.6 Å². The summed E-state index contributed by atoms with van der Waals surface area (Å²) in [5.41, 5.74) is 1.74. The quantitative estimate of drug-likeness (QED) is 0.650. The third-order valence-electron chi connectivity index (χ3n) is 3.35. The number of aryl methyl sites for hydroxylation is 1. The fraction of sp³-hybridized carbons (Fsp3) is 0.400.